The highest BCUT2D eigenvalue weighted by molar-refractivity contribution is 6.61. The third kappa shape index (κ3) is 7.56. The summed E-state index contributed by atoms with van der Waals surface area (Å²) in [6.07, 6.45) is 0.338. The van der Waals surface area contributed by atoms with E-state index in [0.29, 0.717) is 25.4 Å². The summed E-state index contributed by atoms with van der Waals surface area (Å²) in [7, 11) is 3.64. The summed E-state index contributed by atoms with van der Waals surface area (Å²) in [6, 6.07) is 0.250. The second-order valence-corrected chi connectivity index (χ2v) is 10.1. The first-order valence-electron chi connectivity index (χ1n) is 10.4. The van der Waals surface area contributed by atoms with Gasteiger partial charge in [0.05, 0.1) is 24.8 Å². The molecule has 0 spiro atoms. The minimum absolute atomic E-state index is 0.0578. The van der Waals surface area contributed by atoms with Crippen LogP contribution >= 0.6 is 0 Å². The van der Waals surface area contributed by atoms with Crippen molar-refractivity contribution in [3.8, 4) is 0 Å². The van der Waals surface area contributed by atoms with Crippen LogP contribution in [0, 0.1) is 0 Å². The molecular formula is C19H39N3O7Si. The summed E-state index contributed by atoms with van der Waals surface area (Å²) in [5.41, 5.74) is 0. The SMILES string of the molecule is CCC(NC)C(=O)NCC(=O)NCCC[Si]1(OC)OC(C(C)OC)C(C(C)OC)O1. The van der Waals surface area contributed by atoms with E-state index < -0.39 is 8.80 Å². The number of rotatable bonds is 14. The lowest BCUT2D eigenvalue weighted by molar-refractivity contribution is -0.127. The molecule has 5 atom stereocenters. The molecule has 5 unspecified atom stereocenters. The van der Waals surface area contributed by atoms with Crippen molar-refractivity contribution in [3.63, 3.8) is 0 Å². The summed E-state index contributed by atoms with van der Waals surface area (Å²) < 4.78 is 29.1. The standard InChI is InChI=1S/C19H39N3O7Si/c1-8-15(20-4)19(24)22-12-16(23)21-10-9-11-30(27-7)28-17(13(2)25-5)18(29-30)14(3)26-6/h13-15,17-18,20H,8-12H2,1-7H3,(H,21,23)(H,22,24). The number of hydrogen-bond acceptors (Lipinski definition) is 8. The van der Waals surface area contributed by atoms with Crippen molar-refractivity contribution in [2.24, 2.45) is 0 Å². The molecule has 0 bridgehead atoms. The monoisotopic (exact) mass is 449 g/mol. The predicted molar refractivity (Wildman–Crippen MR) is 114 cm³/mol. The van der Waals surface area contributed by atoms with Crippen molar-refractivity contribution in [1.82, 2.24) is 16.0 Å². The van der Waals surface area contributed by atoms with Gasteiger partial charge in [-0.25, -0.2) is 0 Å². The van der Waals surface area contributed by atoms with Crippen LogP contribution in [0.1, 0.15) is 33.6 Å². The zero-order valence-corrected chi connectivity index (χ0v) is 20.3. The van der Waals surface area contributed by atoms with Gasteiger partial charge in [-0.15, -0.1) is 0 Å². The van der Waals surface area contributed by atoms with Gasteiger partial charge in [0.15, 0.2) is 0 Å². The van der Waals surface area contributed by atoms with Crippen LogP contribution in [0.5, 0.6) is 0 Å². The van der Waals surface area contributed by atoms with E-state index in [-0.39, 0.29) is 48.8 Å². The van der Waals surface area contributed by atoms with Crippen LogP contribution in [-0.2, 0) is 32.3 Å². The summed E-state index contributed by atoms with van der Waals surface area (Å²) in [5.74, 6) is -0.433. The number of carbonyl (C=O) groups excluding carboxylic acids is 2. The number of likely N-dealkylation sites (N-methyl/N-ethyl adjacent to an activating group) is 1. The number of methoxy groups -OCH3 is 2. The van der Waals surface area contributed by atoms with E-state index in [2.05, 4.69) is 16.0 Å². The fourth-order valence-corrected chi connectivity index (χ4v) is 6.07. The molecule has 0 aromatic carbocycles. The summed E-state index contributed by atoms with van der Waals surface area (Å²) in [5, 5.41) is 8.33. The molecule has 11 heteroatoms. The quantitative estimate of drug-likeness (QED) is 0.252. The number of nitrogens with one attached hydrogen (secondary N) is 3. The molecule has 1 saturated heterocycles. The van der Waals surface area contributed by atoms with Crippen LogP contribution in [0.4, 0.5) is 0 Å². The normalized spacial score (nSPS) is 26.8. The van der Waals surface area contributed by atoms with Crippen LogP contribution in [0.25, 0.3) is 0 Å². The highest BCUT2D eigenvalue weighted by atomic mass is 28.4. The van der Waals surface area contributed by atoms with Gasteiger partial charge in [-0.05, 0) is 33.7 Å². The molecule has 0 aromatic heterocycles. The van der Waals surface area contributed by atoms with Gasteiger partial charge in [0.2, 0.25) is 11.8 Å². The van der Waals surface area contributed by atoms with Gasteiger partial charge >= 0.3 is 8.80 Å². The summed E-state index contributed by atoms with van der Waals surface area (Å²) >= 11 is 0. The van der Waals surface area contributed by atoms with Gasteiger partial charge < -0.3 is 38.7 Å². The molecule has 3 N–H and O–H groups in total. The minimum atomic E-state index is -2.91. The van der Waals surface area contributed by atoms with Crippen molar-refractivity contribution in [3.05, 3.63) is 0 Å². The van der Waals surface area contributed by atoms with Crippen LogP contribution in [-0.4, -0.2) is 92.5 Å². The third-order valence-electron chi connectivity index (χ3n) is 5.41. The second-order valence-electron chi connectivity index (χ2n) is 7.35. The first-order valence-corrected chi connectivity index (χ1v) is 12.4. The Morgan fingerprint density at radius 2 is 1.60 bits per heavy atom. The second kappa shape index (κ2) is 13.4. The Morgan fingerprint density at radius 1 is 1.03 bits per heavy atom. The Balaban J connectivity index is 2.50. The Kier molecular flexibility index (Phi) is 12.0. The lowest BCUT2D eigenvalue weighted by Crippen LogP contribution is -2.46. The number of hydrogen-bond donors (Lipinski definition) is 3. The zero-order valence-electron chi connectivity index (χ0n) is 19.3. The molecule has 0 aromatic rings. The highest BCUT2D eigenvalue weighted by Crippen LogP contribution is 2.34. The molecule has 176 valence electrons. The van der Waals surface area contributed by atoms with Crippen molar-refractivity contribution in [2.45, 2.75) is 70.1 Å². The molecule has 30 heavy (non-hydrogen) atoms. The van der Waals surface area contributed by atoms with Crippen molar-refractivity contribution >= 4 is 20.6 Å². The Bertz CT molecular complexity index is 518. The van der Waals surface area contributed by atoms with Gasteiger partial charge in [0.25, 0.3) is 0 Å². The minimum Gasteiger partial charge on any atom is -0.379 e. The van der Waals surface area contributed by atoms with Gasteiger partial charge in [0, 0.05) is 33.9 Å². The Hall–Kier alpha value is -1.08. The number of ether oxygens (including phenoxy) is 2. The molecule has 1 aliphatic heterocycles. The van der Waals surface area contributed by atoms with Crippen molar-refractivity contribution < 1.29 is 32.3 Å². The average Bonchev–Trinajstić information content (AvgIpc) is 3.15. The van der Waals surface area contributed by atoms with E-state index >= 15 is 0 Å². The molecule has 10 nitrogen and oxygen atoms in total. The molecule has 1 aliphatic rings. The van der Waals surface area contributed by atoms with E-state index in [1.54, 1.807) is 28.4 Å². The molecule has 2 amide bonds. The molecule has 0 radical (unpaired) electrons. The Morgan fingerprint density at radius 3 is 2.03 bits per heavy atom. The number of amides is 2. The van der Waals surface area contributed by atoms with E-state index in [1.807, 2.05) is 20.8 Å². The van der Waals surface area contributed by atoms with Crippen LogP contribution in [0.3, 0.4) is 0 Å². The largest absolute Gasteiger partial charge is 0.501 e. The van der Waals surface area contributed by atoms with Crippen LogP contribution in [0.15, 0.2) is 0 Å². The molecule has 0 saturated carbocycles. The van der Waals surface area contributed by atoms with E-state index in [4.69, 9.17) is 22.8 Å². The topological polar surface area (TPSA) is 116 Å². The van der Waals surface area contributed by atoms with Crippen LogP contribution < -0.4 is 16.0 Å². The van der Waals surface area contributed by atoms with Gasteiger partial charge in [-0.1, -0.05) is 6.92 Å². The predicted octanol–water partition coefficient (Wildman–Crippen LogP) is 0.0460. The lowest BCUT2D eigenvalue weighted by Gasteiger charge is -2.26. The van der Waals surface area contributed by atoms with Crippen molar-refractivity contribution in [1.29, 1.82) is 0 Å². The van der Waals surface area contributed by atoms with Crippen molar-refractivity contribution in [2.75, 3.05) is 41.5 Å². The Labute approximate surface area is 181 Å². The van der Waals surface area contributed by atoms with Gasteiger partial charge in [-0.2, -0.15) is 0 Å². The smallest absolute Gasteiger partial charge is 0.379 e. The summed E-state index contributed by atoms with van der Waals surface area (Å²) in [4.78, 5) is 23.9. The molecular weight excluding hydrogens is 410 g/mol. The molecule has 1 fully saturated rings. The fraction of sp³-hybridized carbons (Fsp3) is 0.895. The van der Waals surface area contributed by atoms with Crippen LogP contribution in [0.2, 0.25) is 6.04 Å². The maximum atomic E-state index is 12.0. The molecule has 1 heterocycles. The zero-order chi connectivity index (χ0) is 22.7. The first-order chi connectivity index (χ1) is 14.3. The lowest BCUT2D eigenvalue weighted by atomic mass is 10.1. The third-order valence-corrected chi connectivity index (χ3v) is 8.26. The average molecular weight is 450 g/mol. The van der Waals surface area contributed by atoms with Gasteiger partial charge in [0.1, 0.15) is 12.2 Å². The molecule has 1 rings (SSSR count). The summed E-state index contributed by atoms with van der Waals surface area (Å²) in [6.45, 7) is 6.12. The molecule has 0 aliphatic carbocycles. The van der Waals surface area contributed by atoms with E-state index in [1.165, 1.54) is 0 Å². The van der Waals surface area contributed by atoms with E-state index in [0.717, 1.165) is 0 Å². The van der Waals surface area contributed by atoms with E-state index in [9.17, 15) is 9.59 Å². The van der Waals surface area contributed by atoms with Gasteiger partial charge in [-0.3, -0.25) is 9.59 Å². The maximum absolute atomic E-state index is 12.0. The number of carbonyl (C=O) groups is 2. The maximum Gasteiger partial charge on any atom is 0.501 e. The first kappa shape index (κ1) is 27.0. The fourth-order valence-electron chi connectivity index (χ4n) is 3.29. The highest BCUT2D eigenvalue weighted by Gasteiger charge is 2.55.